The molecule has 1 aromatic heterocycles. The average Bonchev–Trinajstić information content (AvgIpc) is 3.06. The van der Waals surface area contributed by atoms with Crippen molar-refractivity contribution in [2.45, 2.75) is 13.0 Å². The lowest BCUT2D eigenvalue weighted by atomic mass is 10.1. The minimum Gasteiger partial charge on any atom is -0.442 e. The molecule has 0 bridgehead atoms. The number of nitrogens with one attached hydrogen (secondary N) is 2. The van der Waals surface area contributed by atoms with Crippen LogP contribution < -0.4 is 21.1 Å². The molecule has 1 aliphatic heterocycles. The van der Waals surface area contributed by atoms with Crippen molar-refractivity contribution >= 4 is 40.7 Å². The van der Waals surface area contributed by atoms with Gasteiger partial charge >= 0.3 is 18.2 Å². The number of imide groups is 1. The first-order chi connectivity index (χ1) is 14.2. The fourth-order valence-electron chi connectivity index (χ4n) is 3.03. The Balaban J connectivity index is 2.04. The standard InChI is InChI=1S/C19H21N5O6/c1-11(25)20-9-13-10-23(19(29)30-13)14-6-4-5-12-7-8-15(26)24(16(12)14)18(28)21-17(27)22(2)3/h4-8,13H,9-10H2,1-3H3,(H,20,25)(H,21,27,28)/t13-/m0/s1. The molecule has 2 heterocycles. The number of ether oxygens (including phenoxy) is 1. The normalized spacial score (nSPS) is 15.6. The summed E-state index contributed by atoms with van der Waals surface area (Å²) < 4.78 is 6.08. The number of hydrogen-bond acceptors (Lipinski definition) is 6. The molecule has 0 saturated carbocycles. The molecule has 0 radical (unpaired) electrons. The van der Waals surface area contributed by atoms with Crippen LogP contribution in [0.15, 0.2) is 35.1 Å². The van der Waals surface area contributed by atoms with Crippen LogP contribution in [0.2, 0.25) is 0 Å². The number of anilines is 1. The van der Waals surface area contributed by atoms with E-state index in [1.807, 2.05) is 0 Å². The van der Waals surface area contributed by atoms with Gasteiger partial charge in [0.25, 0.3) is 5.56 Å². The summed E-state index contributed by atoms with van der Waals surface area (Å²) in [7, 11) is 2.91. The first-order valence-corrected chi connectivity index (χ1v) is 9.09. The Morgan fingerprint density at radius 3 is 2.57 bits per heavy atom. The molecule has 0 unspecified atom stereocenters. The van der Waals surface area contributed by atoms with E-state index >= 15 is 0 Å². The predicted molar refractivity (Wildman–Crippen MR) is 108 cm³/mol. The number of urea groups is 1. The monoisotopic (exact) mass is 415 g/mol. The summed E-state index contributed by atoms with van der Waals surface area (Å²) in [5.41, 5.74) is -0.236. The van der Waals surface area contributed by atoms with Gasteiger partial charge in [-0.25, -0.2) is 19.0 Å². The molecule has 2 N–H and O–H groups in total. The molecule has 3 rings (SSSR count). The fourth-order valence-corrected chi connectivity index (χ4v) is 3.03. The topological polar surface area (TPSA) is 130 Å². The van der Waals surface area contributed by atoms with E-state index in [1.54, 1.807) is 18.2 Å². The molecule has 1 aliphatic rings. The van der Waals surface area contributed by atoms with E-state index < -0.39 is 29.8 Å². The summed E-state index contributed by atoms with van der Waals surface area (Å²) in [6.07, 6.45) is -1.27. The van der Waals surface area contributed by atoms with Crippen molar-refractivity contribution in [3.05, 3.63) is 40.7 Å². The molecule has 158 valence electrons. The van der Waals surface area contributed by atoms with Crippen molar-refractivity contribution in [3.63, 3.8) is 0 Å². The molecular formula is C19H21N5O6. The number of benzene rings is 1. The van der Waals surface area contributed by atoms with Crippen molar-refractivity contribution in [1.29, 1.82) is 0 Å². The minimum atomic E-state index is -0.945. The number of hydrogen-bond donors (Lipinski definition) is 2. The van der Waals surface area contributed by atoms with Gasteiger partial charge in [0.05, 0.1) is 24.3 Å². The fraction of sp³-hybridized carbons (Fsp3) is 0.316. The van der Waals surface area contributed by atoms with Crippen LogP contribution in [0, 0.1) is 0 Å². The summed E-state index contributed by atoms with van der Waals surface area (Å²) in [6, 6.07) is 6.00. The Hall–Kier alpha value is -3.89. The van der Waals surface area contributed by atoms with Gasteiger partial charge in [0.2, 0.25) is 5.91 Å². The zero-order valence-electron chi connectivity index (χ0n) is 16.7. The quantitative estimate of drug-likeness (QED) is 0.759. The van der Waals surface area contributed by atoms with Gasteiger partial charge in [-0.3, -0.25) is 19.8 Å². The molecular weight excluding hydrogens is 394 g/mol. The van der Waals surface area contributed by atoms with E-state index in [4.69, 9.17) is 4.74 Å². The first kappa shape index (κ1) is 20.8. The number of carbonyl (C=O) groups excluding carboxylic acids is 4. The molecule has 30 heavy (non-hydrogen) atoms. The van der Waals surface area contributed by atoms with Crippen LogP contribution >= 0.6 is 0 Å². The van der Waals surface area contributed by atoms with E-state index in [0.29, 0.717) is 5.39 Å². The highest BCUT2D eigenvalue weighted by Crippen LogP contribution is 2.29. The Labute approximate surface area is 171 Å². The van der Waals surface area contributed by atoms with Crippen LogP contribution in [-0.2, 0) is 9.53 Å². The van der Waals surface area contributed by atoms with Gasteiger partial charge < -0.3 is 15.0 Å². The largest absolute Gasteiger partial charge is 0.442 e. The van der Waals surface area contributed by atoms with Gasteiger partial charge in [0, 0.05) is 32.5 Å². The SMILES string of the molecule is CC(=O)NC[C@H]1CN(c2cccc3ccc(=O)n(C(=O)NC(=O)N(C)C)c23)C(=O)O1. The molecule has 1 fully saturated rings. The number of nitrogens with zero attached hydrogens (tertiary/aromatic N) is 3. The molecule has 11 heteroatoms. The van der Waals surface area contributed by atoms with Crippen molar-refractivity contribution in [2.75, 3.05) is 32.1 Å². The molecule has 0 aliphatic carbocycles. The number of amides is 5. The summed E-state index contributed by atoms with van der Waals surface area (Å²) >= 11 is 0. The summed E-state index contributed by atoms with van der Waals surface area (Å²) in [5, 5.41) is 5.22. The van der Waals surface area contributed by atoms with Crippen molar-refractivity contribution in [1.82, 2.24) is 20.1 Å². The van der Waals surface area contributed by atoms with Gasteiger partial charge in [-0.2, -0.15) is 0 Å². The molecule has 1 atom stereocenters. The van der Waals surface area contributed by atoms with Gasteiger partial charge in [-0.15, -0.1) is 0 Å². The number of cyclic esters (lactones) is 1. The zero-order valence-corrected chi connectivity index (χ0v) is 16.7. The summed E-state index contributed by atoms with van der Waals surface area (Å²) in [6.45, 7) is 1.60. The second-order valence-corrected chi connectivity index (χ2v) is 6.91. The highest BCUT2D eigenvalue weighted by Gasteiger charge is 2.34. The van der Waals surface area contributed by atoms with Crippen molar-refractivity contribution < 1.29 is 23.9 Å². The van der Waals surface area contributed by atoms with Gasteiger partial charge in [-0.1, -0.05) is 12.1 Å². The maximum Gasteiger partial charge on any atom is 0.414 e. The van der Waals surface area contributed by atoms with Crippen molar-refractivity contribution in [3.8, 4) is 0 Å². The van der Waals surface area contributed by atoms with E-state index in [-0.39, 0.29) is 30.2 Å². The summed E-state index contributed by atoms with van der Waals surface area (Å²) in [4.78, 5) is 63.1. The Morgan fingerprint density at radius 1 is 1.17 bits per heavy atom. The smallest absolute Gasteiger partial charge is 0.414 e. The van der Waals surface area contributed by atoms with Gasteiger partial charge in [-0.05, 0) is 12.1 Å². The maximum atomic E-state index is 12.7. The zero-order chi connectivity index (χ0) is 22.0. The number of aromatic nitrogens is 1. The minimum absolute atomic E-state index is 0.111. The van der Waals surface area contributed by atoms with E-state index in [2.05, 4.69) is 10.6 Å². The average molecular weight is 415 g/mol. The molecule has 0 spiro atoms. The van der Waals surface area contributed by atoms with Crippen LogP contribution in [0.25, 0.3) is 10.9 Å². The lowest BCUT2D eigenvalue weighted by molar-refractivity contribution is -0.119. The van der Waals surface area contributed by atoms with E-state index in [9.17, 15) is 24.0 Å². The number of fused-ring (bicyclic) bond motifs is 1. The maximum absolute atomic E-state index is 12.7. The van der Waals surface area contributed by atoms with Crippen LogP contribution in [-0.4, -0.2) is 66.8 Å². The molecule has 2 aromatic rings. The third kappa shape index (κ3) is 4.09. The lowest BCUT2D eigenvalue weighted by Gasteiger charge is -2.19. The van der Waals surface area contributed by atoms with Crippen LogP contribution in [0.1, 0.15) is 6.92 Å². The van der Waals surface area contributed by atoms with E-state index in [1.165, 1.54) is 38.1 Å². The second kappa shape index (κ2) is 8.23. The number of rotatable bonds is 3. The highest BCUT2D eigenvalue weighted by molar-refractivity contribution is 6.05. The Bertz CT molecular complexity index is 1090. The Morgan fingerprint density at radius 2 is 1.90 bits per heavy atom. The van der Waals surface area contributed by atoms with Crippen LogP contribution in [0.5, 0.6) is 0 Å². The van der Waals surface area contributed by atoms with Crippen LogP contribution in [0.3, 0.4) is 0 Å². The van der Waals surface area contributed by atoms with Crippen LogP contribution in [0.4, 0.5) is 20.1 Å². The molecule has 11 nitrogen and oxygen atoms in total. The molecule has 1 saturated heterocycles. The number of carbonyl (C=O) groups is 4. The Kier molecular flexibility index (Phi) is 5.72. The highest BCUT2D eigenvalue weighted by atomic mass is 16.6. The molecule has 5 amide bonds. The lowest BCUT2D eigenvalue weighted by Crippen LogP contribution is -2.44. The van der Waals surface area contributed by atoms with Crippen molar-refractivity contribution in [2.24, 2.45) is 0 Å². The van der Waals surface area contributed by atoms with Gasteiger partial charge in [0.15, 0.2) is 0 Å². The molecule has 1 aromatic carbocycles. The van der Waals surface area contributed by atoms with E-state index in [0.717, 1.165) is 9.47 Å². The first-order valence-electron chi connectivity index (χ1n) is 9.09. The summed E-state index contributed by atoms with van der Waals surface area (Å²) in [5.74, 6) is -0.259. The second-order valence-electron chi connectivity index (χ2n) is 6.91. The number of pyridine rings is 1. The van der Waals surface area contributed by atoms with Gasteiger partial charge in [0.1, 0.15) is 6.10 Å². The third-order valence-electron chi connectivity index (χ3n) is 4.46. The third-order valence-corrected chi connectivity index (χ3v) is 4.46. The predicted octanol–water partition coefficient (Wildman–Crippen LogP) is 0.702. The number of para-hydroxylation sites is 1.